The van der Waals surface area contributed by atoms with Gasteiger partial charge in [0.05, 0.1) is 0 Å². The lowest BCUT2D eigenvalue weighted by Gasteiger charge is -2.13. The van der Waals surface area contributed by atoms with E-state index in [2.05, 4.69) is 58.0 Å². The van der Waals surface area contributed by atoms with Crippen molar-refractivity contribution in [2.45, 2.75) is 59.8 Å². The van der Waals surface area contributed by atoms with Crippen molar-refractivity contribution in [3.8, 4) is 0 Å². The summed E-state index contributed by atoms with van der Waals surface area (Å²) >= 11 is 0. The minimum atomic E-state index is 0.991. The molecule has 2 aromatic carbocycles. The average Bonchev–Trinajstić information content (AvgIpc) is 2.55. The number of hydrogen-bond donors (Lipinski definition) is 1. The van der Waals surface area contributed by atoms with E-state index in [1.807, 2.05) is 0 Å². The number of anilines is 1. The first-order valence-corrected chi connectivity index (χ1v) is 8.63. The number of nitrogens with two attached hydrogens (primary N) is 1. The summed E-state index contributed by atoms with van der Waals surface area (Å²) in [4.78, 5) is 0. The number of aryl methyl sites for hydroxylation is 4. The molecule has 0 aromatic heterocycles. The molecule has 0 atom stereocenters. The molecule has 0 aliphatic carbocycles. The Kier molecular flexibility index (Phi) is 5.65. The van der Waals surface area contributed by atoms with E-state index in [1.165, 1.54) is 33.4 Å². The van der Waals surface area contributed by atoms with Crippen LogP contribution in [0.2, 0.25) is 0 Å². The van der Waals surface area contributed by atoms with Crippen LogP contribution >= 0.6 is 0 Å². The Hall–Kier alpha value is -1.76. The first-order valence-electron chi connectivity index (χ1n) is 8.63. The van der Waals surface area contributed by atoms with Crippen LogP contribution in [0.5, 0.6) is 0 Å². The van der Waals surface area contributed by atoms with Crippen molar-refractivity contribution in [1.82, 2.24) is 0 Å². The Morgan fingerprint density at radius 3 is 1.41 bits per heavy atom. The minimum absolute atomic E-state index is 0.991. The lowest BCUT2D eigenvalue weighted by atomic mass is 9.94. The van der Waals surface area contributed by atoms with Crippen LogP contribution in [0.3, 0.4) is 0 Å². The number of hydrogen-bond acceptors (Lipinski definition) is 1. The van der Waals surface area contributed by atoms with Gasteiger partial charge in [-0.15, -0.1) is 0 Å². The van der Waals surface area contributed by atoms with Crippen LogP contribution in [0.25, 0.3) is 0 Å². The first kappa shape index (κ1) is 16.6. The maximum Gasteiger partial charge on any atom is 0.0379 e. The van der Waals surface area contributed by atoms with Gasteiger partial charge in [0.15, 0.2) is 0 Å². The zero-order valence-corrected chi connectivity index (χ0v) is 14.5. The molecule has 2 aromatic rings. The van der Waals surface area contributed by atoms with E-state index in [-0.39, 0.29) is 0 Å². The molecule has 22 heavy (non-hydrogen) atoms. The first-order chi connectivity index (χ1) is 10.6. The average molecular weight is 295 g/mol. The summed E-state index contributed by atoms with van der Waals surface area (Å²) in [6.45, 7) is 8.82. The standard InChI is InChI=1S/C21H29N/c1-5-15-9-16(6-2)11-17(10-15)12-18-13-19(7-3)21(22)20(8-4)14-18/h9-11,13-14H,5-8,12,22H2,1-4H3. The maximum atomic E-state index is 6.26. The van der Waals surface area contributed by atoms with E-state index in [0.717, 1.165) is 37.8 Å². The number of nitrogen functional groups attached to an aromatic ring is 1. The van der Waals surface area contributed by atoms with E-state index in [0.29, 0.717) is 0 Å². The predicted octanol–water partition coefficient (Wildman–Crippen LogP) is 5.11. The second-order valence-electron chi connectivity index (χ2n) is 6.08. The van der Waals surface area contributed by atoms with E-state index in [9.17, 15) is 0 Å². The molecular formula is C21H29N. The zero-order chi connectivity index (χ0) is 16.1. The second-order valence-corrected chi connectivity index (χ2v) is 6.08. The van der Waals surface area contributed by atoms with Gasteiger partial charge in [0.25, 0.3) is 0 Å². The zero-order valence-electron chi connectivity index (χ0n) is 14.5. The fourth-order valence-corrected chi connectivity index (χ4v) is 3.12. The summed E-state index contributed by atoms with van der Waals surface area (Å²) in [5.74, 6) is 0. The summed E-state index contributed by atoms with van der Waals surface area (Å²) in [6, 6.07) is 11.6. The molecule has 0 amide bonds. The van der Waals surface area contributed by atoms with Crippen LogP contribution in [-0.2, 0) is 32.1 Å². The van der Waals surface area contributed by atoms with Crippen molar-refractivity contribution in [3.05, 3.63) is 63.7 Å². The fourth-order valence-electron chi connectivity index (χ4n) is 3.12. The van der Waals surface area contributed by atoms with E-state index in [1.54, 1.807) is 0 Å². The normalized spacial score (nSPS) is 10.9. The van der Waals surface area contributed by atoms with Crippen molar-refractivity contribution in [2.75, 3.05) is 5.73 Å². The van der Waals surface area contributed by atoms with Gasteiger partial charge in [-0.1, -0.05) is 58.0 Å². The van der Waals surface area contributed by atoms with Crippen LogP contribution < -0.4 is 5.73 Å². The minimum Gasteiger partial charge on any atom is -0.398 e. The molecule has 0 bridgehead atoms. The highest BCUT2D eigenvalue weighted by Gasteiger charge is 2.07. The lowest BCUT2D eigenvalue weighted by Crippen LogP contribution is -2.02. The summed E-state index contributed by atoms with van der Waals surface area (Å²) in [6.07, 6.45) is 5.21. The molecule has 1 nitrogen and oxygen atoms in total. The summed E-state index contributed by atoms with van der Waals surface area (Å²) in [7, 11) is 0. The highest BCUT2D eigenvalue weighted by Crippen LogP contribution is 2.24. The summed E-state index contributed by atoms with van der Waals surface area (Å²) in [5, 5.41) is 0. The van der Waals surface area contributed by atoms with E-state index < -0.39 is 0 Å². The molecule has 0 saturated heterocycles. The van der Waals surface area contributed by atoms with E-state index >= 15 is 0 Å². The Balaban J connectivity index is 2.38. The smallest absolute Gasteiger partial charge is 0.0379 e. The maximum absolute atomic E-state index is 6.26. The van der Waals surface area contributed by atoms with Crippen molar-refractivity contribution in [1.29, 1.82) is 0 Å². The van der Waals surface area contributed by atoms with Gasteiger partial charge in [-0.3, -0.25) is 0 Å². The Morgan fingerprint density at radius 2 is 1.00 bits per heavy atom. The van der Waals surface area contributed by atoms with Crippen LogP contribution in [-0.4, -0.2) is 0 Å². The summed E-state index contributed by atoms with van der Waals surface area (Å²) < 4.78 is 0. The van der Waals surface area contributed by atoms with Crippen molar-refractivity contribution < 1.29 is 0 Å². The quantitative estimate of drug-likeness (QED) is 0.736. The van der Waals surface area contributed by atoms with Gasteiger partial charge in [-0.25, -0.2) is 0 Å². The Labute approximate surface area is 135 Å². The largest absolute Gasteiger partial charge is 0.398 e. The second kappa shape index (κ2) is 7.49. The third-order valence-electron chi connectivity index (χ3n) is 4.51. The highest BCUT2D eigenvalue weighted by atomic mass is 14.6. The van der Waals surface area contributed by atoms with Crippen LogP contribution in [0.15, 0.2) is 30.3 Å². The Bertz CT molecular complexity index is 593. The van der Waals surface area contributed by atoms with Crippen molar-refractivity contribution >= 4 is 5.69 Å². The topological polar surface area (TPSA) is 26.0 Å². The molecule has 0 spiro atoms. The van der Waals surface area contributed by atoms with Crippen LogP contribution in [0.1, 0.15) is 61.1 Å². The molecule has 0 saturated carbocycles. The van der Waals surface area contributed by atoms with Crippen molar-refractivity contribution in [2.24, 2.45) is 0 Å². The van der Waals surface area contributed by atoms with Gasteiger partial charge in [-0.05, 0) is 65.5 Å². The fraction of sp³-hybridized carbons (Fsp3) is 0.429. The molecule has 118 valence electrons. The van der Waals surface area contributed by atoms with Crippen LogP contribution in [0.4, 0.5) is 5.69 Å². The van der Waals surface area contributed by atoms with Gasteiger partial charge in [-0.2, -0.15) is 0 Å². The van der Waals surface area contributed by atoms with Gasteiger partial charge >= 0.3 is 0 Å². The van der Waals surface area contributed by atoms with Gasteiger partial charge in [0, 0.05) is 5.69 Å². The molecule has 1 heteroatoms. The van der Waals surface area contributed by atoms with Crippen LogP contribution in [0, 0.1) is 0 Å². The molecule has 0 fully saturated rings. The molecule has 0 heterocycles. The molecule has 2 N–H and O–H groups in total. The molecule has 0 unspecified atom stereocenters. The number of benzene rings is 2. The molecule has 2 rings (SSSR count). The third-order valence-corrected chi connectivity index (χ3v) is 4.51. The number of rotatable bonds is 6. The van der Waals surface area contributed by atoms with E-state index in [4.69, 9.17) is 5.73 Å². The predicted molar refractivity (Wildman–Crippen MR) is 97.6 cm³/mol. The molecular weight excluding hydrogens is 266 g/mol. The SMILES string of the molecule is CCc1cc(CC)cc(Cc2cc(CC)c(N)c(CC)c2)c1. The molecule has 0 aliphatic heterocycles. The Morgan fingerprint density at radius 1 is 0.591 bits per heavy atom. The lowest BCUT2D eigenvalue weighted by molar-refractivity contribution is 1.04. The van der Waals surface area contributed by atoms with Crippen molar-refractivity contribution in [3.63, 3.8) is 0 Å². The monoisotopic (exact) mass is 295 g/mol. The molecule has 0 aliphatic rings. The van der Waals surface area contributed by atoms with Gasteiger partial charge in [0.2, 0.25) is 0 Å². The summed E-state index contributed by atoms with van der Waals surface area (Å²) in [5.41, 5.74) is 15.5. The highest BCUT2D eigenvalue weighted by molar-refractivity contribution is 5.56. The van der Waals surface area contributed by atoms with Gasteiger partial charge in [0.1, 0.15) is 0 Å². The third kappa shape index (κ3) is 3.71. The van der Waals surface area contributed by atoms with Gasteiger partial charge < -0.3 is 5.73 Å². The molecule has 0 radical (unpaired) electrons.